The number of carboxylic acid groups (broad SMARTS) is 1. The van der Waals surface area contributed by atoms with E-state index in [2.05, 4.69) is 24.9 Å². The van der Waals surface area contributed by atoms with Crippen LogP contribution < -0.4 is 0 Å². The van der Waals surface area contributed by atoms with Gasteiger partial charge in [0.1, 0.15) is 5.75 Å². The Bertz CT molecular complexity index is 958. The topological polar surface area (TPSA) is 109 Å². The minimum Gasteiger partial charge on any atom is -0.508 e. The summed E-state index contributed by atoms with van der Waals surface area (Å²) in [6, 6.07) is 6.06. The van der Waals surface area contributed by atoms with Gasteiger partial charge in [0.05, 0.1) is 52.2 Å². The number of aliphatic carboxylic acids is 1. The zero-order valence-corrected chi connectivity index (χ0v) is 25.3. The van der Waals surface area contributed by atoms with E-state index in [-0.39, 0.29) is 24.5 Å². The molecule has 8 heteroatoms. The summed E-state index contributed by atoms with van der Waals surface area (Å²) in [5, 5.41) is 29.6. The molecule has 0 saturated heterocycles. The number of rotatable bonds is 18. The van der Waals surface area contributed by atoms with Crippen molar-refractivity contribution in [1.29, 1.82) is 0 Å². The molecular formula is C33H53NO7. The van der Waals surface area contributed by atoms with Crippen LogP contribution in [0, 0.1) is 23.2 Å². The van der Waals surface area contributed by atoms with E-state index in [1.54, 1.807) is 0 Å². The summed E-state index contributed by atoms with van der Waals surface area (Å²) in [6.45, 7) is 7.11. The number of benzene rings is 1. The molecule has 232 valence electrons. The van der Waals surface area contributed by atoms with Crippen LogP contribution in [-0.2, 0) is 25.4 Å². The molecule has 0 unspecified atom stereocenters. The van der Waals surface area contributed by atoms with E-state index in [4.69, 9.17) is 19.3 Å². The number of hydrogen-bond acceptors (Lipinski definition) is 7. The fourth-order valence-corrected chi connectivity index (χ4v) is 8.03. The molecule has 0 aromatic heterocycles. The maximum absolute atomic E-state index is 10.9. The van der Waals surface area contributed by atoms with Crippen LogP contribution in [-0.4, -0.2) is 92.1 Å². The molecule has 3 aliphatic rings. The zero-order valence-electron chi connectivity index (χ0n) is 25.3. The number of carboxylic acids is 1. The first-order valence-electron chi connectivity index (χ1n) is 15.9. The molecule has 41 heavy (non-hydrogen) atoms. The van der Waals surface area contributed by atoms with Gasteiger partial charge in [0.2, 0.25) is 0 Å². The quantitative estimate of drug-likeness (QED) is 0.213. The number of ether oxygens (including phenoxy) is 3. The molecular weight excluding hydrogens is 522 g/mol. The third-order valence-corrected chi connectivity index (χ3v) is 10.3. The highest BCUT2D eigenvalue weighted by molar-refractivity contribution is 5.66. The smallest absolute Gasteiger partial charge is 0.305 e. The van der Waals surface area contributed by atoms with Gasteiger partial charge in [0.15, 0.2) is 0 Å². The molecule has 6 atom stereocenters. The summed E-state index contributed by atoms with van der Waals surface area (Å²) in [7, 11) is 2.15. The van der Waals surface area contributed by atoms with Crippen molar-refractivity contribution < 1.29 is 34.3 Å². The number of aliphatic hydroxyl groups excluding tert-OH is 1. The predicted octanol–water partition coefficient (Wildman–Crippen LogP) is 4.85. The lowest BCUT2D eigenvalue weighted by molar-refractivity contribution is -0.138. The number of aromatic hydroxyl groups is 1. The third kappa shape index (κ3) is 8.66. The van der Waals surface area contributed by atoms with Crippen molar-refractivity contribution in [1.82, 2.24) is 4.90 Å². The fraction of sp³-hybridized carbons (Fsp3) is 0.788. The van der Waals surface area contributed by atoms with Gasteiger partial charge in [-0.25, -0.2) is 0 Å². The van der Waals surface area contributed by atoms with Crippen LogP contribution in [0.2, 0.25) is 0 Å². The van der Waals surface area contributed by atoms with Crippen molar-refractivity contribution in [2.24, 2.45) is 23.2 Å². The van der Waals surface area contributed by atoms with E-state index < -0.39 is 5.97 Å². The lowest BCUT2D eigenvalue weighted by Crippen LogP contribution is -2.47. The Hall–Kier alpha value is -1.71. The van der Waals surface area contributed by atoms with Gasteiger partial charge in [-0.05, 0) is 111 Å². The summed E-state index contributed by atoms with van der Waals surface area (Å²) >= 11 is 0. The number of likely N-dealkylation sites (N-methyl/N-ethyl adjacent to an activating group) is 1. The number of nitrogens with zero attached hydrogens (tertiary/aromatic N) is 1. The summed E-state index contributed by atoms with van der Waals surface area (Å²) in [4.78, 5) is 12.8. The zero-order chi connectivity index (χ0) is 29.2. The predicted molar refractivity (Wildman–Crippen MR) is 158 cm³/mol. The normalized spacial score (nSPS) is 28.8. The maximum atomic E-state index is 10.9. The minimum absolute atomic E-state index is 0.0187. The molecule has 1 aromatic carbocycles. The van der Waals surface area contributed by atoms with Gasteiger partial charge in [0, 0.05) is 6.54 Å². The van der Waals surface area contributed by atoms with E-state index in [1.165, 1.54) is 36.8 Å². The summed E-state index contributed by atoms with van der Waals surface area (Å²) < 4.78 is 16.3. The molecule has 0 spiro atoms. The summed E-state index contributed by atoms with van der Waals surface area (Å²) in [5.74, 6) is 1.99. The standard InChI is InChI=1S/C33H53NO7/c1-33-13-11-28-27-8-7-26(35)23-25(27)22-24(32(28)29(33)9-10-30(33)36)6-4-3-5-14-34(2)15-17-40-19-21-41-20-18-39-16-12-31(37)38/h7-8,23-24,28-30,32,35-36H,3-6,9-22H2,1-2H3,(H,37,38)/t24-,28-,29+,30+,32-,33+/m1/s1. The molecule has 4 rings (SSSR count). The molecule has 2 saturated carbocycles. The highest BCUT2D eigenvalue weighted by Crippen LogP contribution is 2.62. The maximum Gasteiger partial charge on any atom is 0.305 e. The number of unbranched alkanes of at least 4 members (excludes halogenated alkanes) is 2. The molecule has 0 amide bonds. The van der Waals surface area contributed by atoms with Gasteiger partial charge in [-0.15, -0.1) is 0 Å². The Morgan fingerprint density at radius 3 is 2.46 bits per heavy atom. The van der Waals surface area contributed by atoms with Crippen LogP contribution in [0.4, 0.5) is 0 Å². The first-order chi connectivity index (χ1) is 19.8. The molecule has 2 fully saturated rings. The van der Waals surface area contributed by atoms with Gasteiger partial charge < -0.3 is 34.4 Å². The molecule has 0 radical (unpaired) electrons. The molecule has 0 bridgehead atoms. The Kier molecular flexibility index (Phi) is 12.3. The molecule has 1 aromatic rings. The van der Waals surface area contributed by atoms with Gasteiger partial charge >= 0.3 is 5.97 Å². The SMILES string of the molecule is CN(CCCCC[C@@H]1Cc2cc(O)ccc2[C@H]2CC[C@]3(C)[C@@H](O)CC[C@H]3[C@H]12)CCOCCOCCOCCC(=O)O. The Morgan fingerprint density at radius 2 is 1.71 bits per heavy atom. The van der Waals surface area contributed by atoms with Crippen LogP contribution >= 0.6 is 0 Å². The van der Waals surface area contributed by atoms with E-state index in [9.17, 15) is 15.0 Å². The molecule has 0 aliphatic heterocycles. The van der Waals surface area contributed by atoms with Crippen LogP contribution in [0.3, 0.4) is 0 Å². The lowest BCUT2D eigenvalue weighted by Gasteiger charge is -2.53. The fourth-order valence-electron chi connectivity index (χ4n) is 8.03. The second-order valence-corrected chi connectivity index (χ2v) is 12.9. The number of phenolic OH excluding ortho intramolecular Hbond substituents is 1. The van der Waals surface area contributed by atoms with E-state index in [1.807, 2.05) is 12.1 Å². The average Bonchev–Trinajstić information content (AvgIpc) is 3.24. The van der Waals surface area contributed by atoms with Crippen LogP contribution in [0.15, 0.2) is 18.2 Å². The lowest BCUT2D eigenvalue weighted by atomic mass is 9.52. The van der Waals surface area contributed by atoms with Gasteiger partial charge in [-0.2, -0.15) is 0 Å². The summed E-state index contributed by atoms with van der Waals surface area (Å²) in [5.41, 5.74) is 2.89. The van der Waals surface area contributed by atoms with E-state index in [0.717, 1.165) is 45.2 Å². The number of aliphatic hydroxyl groups is 1. The average molecular weight is 576 g/mol. The molecule has 0 heterocycles. The minimum atomic E-state index is -0.853. The largest absolute Gasteiger partial charge is 0.508 e. The van der Waals surface area contributed by atoms with Crippen molar-refractivity contribution in [3.63, 3.8) is 0 Å². The van der Waals surface area contributed by atoms with Crippen LogP contribution in [0.1, 0.15) is 81.8 Å². The Labute approximate surface area is 246 Å². The Balaban J connectivity index is 1.12. The molecule has 3 N–H and O–H groups in total. The van der Waals surface area contributed by atoms with Gasteiger partial charge in [0.25, 0.3) is 0 Å². The second-order valence-electron chi connectivity index (χ2n) is 12.9. The van der Waals surface area contributed by atoms with Crippen molar-refractivity contribution in [3.05, 3.63) is 29.3 Å². The van der Waals surface area contributed by atoms with Crippen molar-refractivity contribution in [2.75, 3.05) is 59.8 Å². The molecule has 8 nitrogen and oxygen atoms in total. The number of fused-ring (bicyclic) bond motifs is 5. The number of carbonyl (C=O) groups is 1. The monoisotopic (exact) mass is 575 g/mol. The van der Waals surface area contributed by atoms with Crippen LogP contribution in [0.5, 0.6) is 5.75 Å². The highest BCUT2D eigenvalue weighted by Gasteiger charge is 2.56. The van der Waals surface area contributed by atoms with E-state index >= 15 is 0 Å². The second kappa shape index (κ2) is 15.7. The molecule has 3 aliphatic carbocycles. The van der Waals surface area contributed by atoms with Crippen LogP contribution in [0.25, 0.3) is 0 Å². The first kappa shape index (κ1) is 32.2. The third-order valence-electron chi connectivity index (χ3n) is 10.3. The van der Waals surface area contributed by atoms with E-state index in [0.29, 0.717) is 62.5 Å². The van der Waals surface area contributed by atoms with Crippen molar-refractivity contribution in [2.45, 2.75) is 83.2 Å². The summed E-state index contributed by atoms with van der Waals surface area (Å²) in [6.07, 6.45) is 10.2. The number of hydrogen-bond donors (Lipinski definition) is 3. The van der Waals surface area contributed by atoms with Crippen molar-refractivity contribution in [3.8, 4) is 5.75 Å². The first-order valence-corrected chi connectivity index (χ1v) is 15.9. The van der Waals surface area contributed by atoms with Crippen molar-refractivity contribution >= 4 is 5.97 Å². The highest BCUT2D eigenvalue weighted by atomic mass is 16.5. The Morgan fingerprint density at radius 1 is 0.976 bits per heavy atom. The van der Waals surface area contributed by atoms with Gasteiger partial charge in [-0.1, -0.05) is 25.8 Å². The van der Waals surface area contributed by atoms with Gasteiger partial charge in [-0.3, -0.25) is 4.79 Å². The number of phenols is 1.